The molecule has 0 aromatic carbocycles. The Hall–Kier alpha value is -3.33. The quantitative estimate of drug-likeness (QED) is 0.0152. The summed E-state index contributed by atoms with van der Waals surface area (Å²) in [7, 11) is 1.08. The monoisotopic (exact) mass is 828 g/mol. The predicted molar refractivity (Wildman–Crippen MR) is 240 cm³/mol. The molecule has 0 fully saturated rings. The molecule has 0 bridgehead atoms. The average Bonchev–Trinajstić information content (AvgIpc) is 3.17. The van der Waals surface area contributed by atoms with E-state index in [0.717, 1.165) is 64.2 Å². The first kappa shape index (κ1) is 54.7. The van der Waals surface area contributed by atoms with Crippen LogP contribution in [-0.2, 0) is 32.7 Å². The van der Waals surface area contributed by atoms with Crippen LogP contribution in [-0.4, -0.2) is 70.0 Å². The van der Waals surface area contributed by atoms with Crippen LogP contribution in [0.15, 0.2) is 109 Å². The highest BCUT2D eigenvalue weighted by Crippen LogP contribution is 2.38. The number of nitrogens with zero attached hydrogens (tertiary/aromatic N) is 1. The molecular formula is C48H78NO8P. The summed E-state index contributed by atoms with van der Waals surface area (Å²) in [5.74, 6) is -0.972. The van der Waals surface area contributed by atoms with Gasteiger partial charge in [-0.05, 0) is 70.6 Å². The largest absolute Gasteiger partial charge is 0.756 e. The van der Waals surface area contributed by atoms with Crippen LogP contribution >= 0.6 is 7.82 Å². The molecule has 0 radical (unpaired) electrons. The van der Waals surface area contributed by atoms with Crippen molar-refractivity contribution in [1.82, 2.24) is 0 Å². The Kier molecular flexibility index (Phi) is 36.9. The van der Waals surface area contributed by atoms with Crippen molar-refractivity contribution in [1.29, 1.82) is 0 Å². The predicted octanol–water partition coefficient (Wildman–Crippen LogP) is 11.7. The Morgan fingerprint density at radius 3 is 1.69 bits per heavy atom. The molecule has 0 saturated carbocycles. The number of hydrogen-bond donors (Lipinski definition) is 0. The molecule has 0 aliphatic carbocycles. The van der Waals surface area contributed by atoms with Gasteiger partial charge in [-0.25, -0.2) is 0 Å². The highest BCUT2D eigenvalue weighted by molar-refractivity contribution is 7.45. The molecule has 0 aliphatic rings. The van der Waals surface area contributed by atoms with Gasteiger partial charge in [-0.2, -0.15) is 0 Å². The number of unbranched alkanes of at least 4 members (excludes halogenated alkanes) is 8. The smallest absolute Gasteiger partial charge is 0.306 e. The molecule has 0 spiro atoms. The van der Waals surface area contributed by atoms with E-state index < -0.39 is 32.5 Å². The van der Waals surface area contributed by atoms with Gasteiger partial charge in [-0.15, -0.1) is 0 Å². The lowest BCUT2D eigenvalue weighted by Crippen LogP contribution is -2.37. The number of phosphoric acid groups is 1. The van der Waals surface area contributed by atoms with Crippen LogP contribution < -0.4 is 4.89 Å². The number of likely N-dealkylation sites (N-methyl/N-ethyl adjacent to an activating group) is 1. The fourth-order valence-electron chi connectivity index (χ4n) is 5.00. The number of ether oxygens (including phenoxy) is 2. The molecular weight excluding hydrogens is 750 g/mol. The third-order valence-corrected chi connectivity index (χ3v) is 9.35. The minimum atomic E-state index is -4.66. The van der Waals surface area contributed by atoms with E-state index in [1.54, 1.807) is 0 Å². The molecule has 328 valence electrons. The second-order valence-corrected chi connectivity index (χ2v) is 16.5. The van der Waals surface area contributed by atoms with E-state index >= 15 is 0 Å². The van der Waals surface area contributed by atoms with E-state index in [4.69, 9.17) is 18.5 Å². The van der Waals surface area contributed by atoms with Crippen molar-refractivity contribution < 1.29 is 42.1 Å². The Labute approximate surface area is 353 Å². The van der Waals surface area contributed by atoms with E-state index in [9.17, 15) is 19.0 Å². The molecule has 0 rings (SSSR count). The van der Waals surface area contributed by atoms with Crippen LogP contribution in [0.2, 0.25) is 0 Å². The maximum Gasteiger partial charge on any atom is 0.306 e. The van der Waals surface area contributed by atoms with Crippen LogP contribution in [0, 0.1) is 0 Å². The van der Waals surface area contributed by atoms with Crippen molar-refractivity contribution in [2.75, 3.05) is 47.5 Å². The van der Waals surface area contributed by atoms with E-state index in [0.29, 0.717) is 23.9 Å². The van der Waals surface area contributed by atoms with Crippen molar-refractivity contribution in [3.8, 4) is 0 Å². The van der Waals surface area contributed by atoms with Crippen molar-refractivity contribution in [2.24, 2.45) is 0 Å². The first-order chi connectivity index (χ1) is 28.0. The zero-order valence-corrected chi connectivity index (χ0v) is 37.6. The molecule has 0 heterocycles. The number of rotatable bonds is 37. The summed E-state index contributed by atoms with van der Waals surface area (Å²) < 4.78 is 33.7. The average molecular weight is 828 g/mol. The fraction of sp³-hybridized carbons (Fsp3) is 0.583. The van der Waals surface area contributed by atoms with Crippen LogP contribution in [0.1, 0.15) is 129 Å². The molecule has 0 aliphatic heterocycles. The van der Waals surface area contributed by atoms with Gasteiger partial charge in [0, 0.05) is 12.8 Å². The summed E-state index contributed by atoms with van der Waals surface area (Å²) in [4.78, 5) is 37.5. The topological polar surface area (TPSA) is 111 Å². The first-order valence-corrected chi connectivity index (χ1v) is 23.1. The molecule has 0 amide bonds. The zero-order chi connectivity index (χ0) is 42.8. The molecule has 0 N–H and O–H groups in total. The lowest BCUT2D eigenvalue weighted by molar-refractivity contribution is -0.870. The van der Waals surface area contributed by atoms with Gasteiger partial charge in [0.25, 0.3) is 7.82 Å². The van der Waals surface area contributed by atoms with Crippen molar-refractivity contribution >= 4 is 19.8 Å². The number of carbonyl (C=O) groups excluding carboxylic acids is 2. The summed E-state index contributed by atoms with van der Waals surface area (Å²) >= 11 is 0. The molecule has 9 nitrogen and oxygen atoms in total. The highest BCUT2D eigenvalue weighted by atomic mass is 31.2. The maximum absolute atomic E-state index is 12.6. The molecule has 1 unspecified atom stereocenters. The highest BCUT2D eigenvalue weighted by Gasteiger charge is 2.21. The number of carbonyl (C=O) groups is 2. The maximum atomic E-state index is 12.6. The Morgan fingerprint density at radius 2 is 1.09 bits per heavy atom. The van der Waals surface area contributed by atoms with E-state index in [1.165, 1.54) is 25.7 Å². The van der Waals surface area contributed by atoms with Crippen LogP contribution in [0.5, 0.6) is 0 Å². The Bertz CT molecular complexity index is 1350. The van der Waals surface area contributed by atoms with Gasteiger partial charge in [0.1, 0.15) is 19.8 Å². The standard InChI is InChI=1S/C48H78NO8P/c1-6-8-10-12-14-16-18-20-22-23-24-25-27-29-31-33-35-37-39-41-48(51)57-46(45-56-58(52,53)55-43-42-49(3,4)5)44-54-47(50)40-38-36-34-32-30-28-26-21-19-17-15-13-11-9-7-2/h9,11,13-17,19-22,24-26,29,31,35,37,46H,6-8,10,12,18,23,27-28,30,32-34,36,38-45H2,1-5H3/b11-9+,15-13+,16-14+,19-17+,22-20+,25-24+,26-21+,31-29+,37-35+/t46-/m1/s1. The van der Waals surface area contributed by atoms with Gasteiger partial charge in [0.15, 0.2) is 6.10 Å². The van der Waals surface area contributed by atoms with Crippen molar-refractivity contribution in [3.63, 3.8) is 0 Å². The molecule has 0 aromatic heterocycles. The Balaban J connectivity index is 4.57. The molecule has 58 heavy (non-hydrogen) atoms. The van der Waals surface area contributed by atoms with Gasteiger partial charge in [0.2, 0.25) is 0 Å². The summed E-state index contributed by atoms with van der Waals surface area (Å²) in [6.07, 6.45) is 52.7. The summed E-state index contributed by atoms with van der Waals surface area (Å²) in [6.45, 7) is 3.91. The number of hydrogen-bond acceptors (Lipinski definition) is 8. The number of quaternary nitrogens is 1. The summed E-state index contributed by atoms with van der Waals surface area (Å²) in [6, 6.07) is 0. The van der Waals surface area contributed by atoms with E-state index in [-0.39, 0.29) is 26.1 Å². The van der Waals surface area contributed by atoms with Crippen LogP contribution in [0.3, 0.4) is 0 Å². The molecule has 2 atom stereocenters. The van der Waals surface area contributed by atoms with Gasteiger partial charge in [0.05, 0.1) is 27.7 Å². The molecule has 0 aromatic rings. The number of phosphoric ester groups is 1. The van der Waals surface area contributed by atoms with Crippen molar-refractivity contribution in [2.45, 2.75) is 136 Å². The first-order valence-electron chi connectivity index (χ1n) is 21.6. The molecule has 10 heteroatoms. The lowest BCUT2D eigenvalue weighted by Gasteiger charge is -2.28. The number of esters is 2. The van der Waals surface area contributed by atoms with Crippen LogP contribution in [0.25, 0.3) is 0 Å². The zero-order valence-electron chi connectivity index (χ0n) is 36.7. The third kappa shape index (κ3) is 42.3. The van der Waals surface area contributed by atoms with Gasteiger partial charge < -0.3 is 27.9 Å². The third-order valence-electron chi connectivity index (χ3n) is 8.38. The minimum Gasteiger partial charge on any atom is -0.756 e. The van der Waals surface area contributed by atoms with Gasteiger partial charge in [-0.3, -0.25) is 14.2 Å². The van der Waals surface area contributed by atoms with E-state index in [1.807, 2.05) is 63.7 Å². The van der Waals surface area contributed by atoms with Crippen molar-refractivity contribution in [3.05, 3.63) is 109 Å². The lowest BCUT2D eigenvalue weighted by atomic mass is 10.1. The second kappa shape index (κ2) is 39.1. The fourth-order valence-corrected chi connectivity index (χ4v) is 5.73. The van der Waals surface area contributed by atoms with Gasteiger partial charge >= 0.3 is 11.9 Å². The minimum absolute atomic E-state index is 0.0552. The SMILES string of the molecule is CC/C=C/C=C/C=C/C=C/CCCCCCCC(=O)OC[C@H](COP(=O)([O-])OCC[N+](C)(C)C)OC(=O)CC/C=C/C/C=C/C/C=C/C/C=C/C/C=C/CCCCC. The number of allylic oxidation sites excluding steroid dienone is 18. The second-order valence-electron chi connectivity index (χ2n) is 15.1. The summed E-state index contributed by atoms with van der Waals surface area (Å²) in [5.41, 5.74) is 0. The van der Waals surface area contributed by atoms with E-state index in [2.05, 4.69) is 80.7 Å². The summed E-state index contributed by atoms with van der Waals surface area (Å²) in [5, 5.41) is 0. The molecule has 0 saturated heterocycles. The Morgan fingerprint density at radius 1 is 0.569 bits per heavy atom. The normalized spacial score (nSPS) is 14.7. The van der Waals surface area contributed by atoms with Gasteiger partial charge in [-0.1, -0.05) is 155 Å². The van der Waals surface area contributed by atoms with Crippen LogP contribution in [0.4, 0.5) is 0 Å².